The molecule has 0 saturated heterocycles. The number of oxime groups is 1. The quantitative estimate of drug-likeness (QED) is 0.248. The normalized spacial score (nSPS) is 13.0. The van der Waals surface area contributed by atoms with E-state index in [1.54, 1.807) is 7.11 Å². The molecular formula is C16H22F3NO5S. The average Bonchev–Trinajstić information content (AvgIpc) is 2.55. The summed E-state index contributed by atoms with van der Waals surface area (Å²) in [6.07, 6.45) is -1.56. The molecular weight excluding hydrogens is 375 g/mol. The number of alkyl halides is 3. The van der Waals surface area contributed by atoms with Crippen molar-refractivity contribution in [2.45, 2.75) is 25.4 Å². The molecule has 0 spiro atoms. The highest BCUT2D eigenvalue weighted by Crippen LogP contribution is 2.29. The van der Waals surface area contributed by atoms with Crippen LogP contribution < -0.4 is 0 Å². The Morgan fingerprint density at radius 2 is 1.73 bits per heavy atom. The predicted octanol–water partition coefficient (Wildman–Crippen LogP) is 3.22. The van der Waals surface area contributed by atoms with Crippen LogP contribution >= 0.6 is 0 Å². The first-order valence-corrected chi connectivity index (χ1v) is 9.65. The fourth-order valence-electron chi connectivity index (χ4n) is 1.98. The minimum atomic E-state index is -4.41. The molecule has 26 heavy (non-hydrogen) atoms. The SMILES string of the molecule is COCCCCC(=NOCCOS(C)(=O)=O)c1ccc(C(F)(F)F)cc1. The van der Waals surface area contributed by atoms with Gasteiger partial charge in [-0.1, -0.05) is 17.3 Å². The molecule has 0 unspecified atom stereocenters. The maximum Gasteiger partial charge on any atom is 0.416 e. The van der Waals surface area contributed by atoms with E-state index in [-0.39, 0.29) is 13.2 Å². The standard InChI is InChI=1S/C16H22F3NO5S/c1-23-10-4-3-5-15(20-24-11-12-25-26(2,21)22)13-6-8-14(9-7-13)16(17,18)19/h6-9H,3-5,10-12H2,1-2H3. The number of rotatable bonds is 11. The van der Waals surface area contributed by atoms with Crippen LogP contribution in [0, 0.1) is 0 Å². The minimum absolute atomic E-state index is 0.102. The van der Waals surface area contributed by atoms with Crippen molar-refractivity contribution in [2.75, 3.05) is 33.2 Å². The van der Waals surface area contributed by atoms with E-state index in [1.165, 1.54) is 12.1 Å². The molecule has 0 bridgehead atoms. The first kappa shape index (κ1) is 22.4. The Labute approximate surface area is 151 Å². The largest absolute Gasteiger partial charge is 0.416 e. The van der Waals surface area contributed by atoms with Gasteiger partial charge in [-0.25, -0.2) is 0 Å². The van der Waals surface area contributed by atoms with Crippen molar-refractivity contribution in [3.63, 3.8) is 0 Å². The summed E-state index contributed by atoms with van der Waals surface area (Å²) in [7, 11) is -1.99. The van der Waals surface area contributed by atoms with Crippen molar-refractivity contribution < 1.29 is 35.3 Å². The number of benzene rings is 1. The van der Waals surface area contributed by atoms with E-state index in [0.717, 1.165) is 24.8 Å². The van der Waals surface area contributed by atoms with E-state index >= 15 is 0 Å². The Morgan fingerprint density at radius 1 is 1.08 bits per heavy atom. The summed E-state index contributed by atoms with van der Waals surface area (Å²) >= 11 is 0. The highest BCUT2D eigenvalue weighted by molar-refractivity contribution is 7.85. The number of ether oxygens (including phenoxy) is 1. The van der Waals surface area contributed by atoms with Crippen molar-refractivity contribution in [1.82, 2.24) is 0 Å². The fraction of sp³-hybridized carbons (Fsp3) is 0.562. The Hall–Kier alpha value is -1.65. The van der Waals surface area contributed by atoms with Crippen LogP contribution in [0.2, 0.25) is 0 Å². The zero-order chi connectivity index (χ0) is 19.6. The maximum absolute atomic E-state index is 12.7. The number of halogens is 3. The zero-order valence-corrected chi connectivity index (χ0v) is 15.4. The number of hydrogen-bond donors (Lipinski definition) is 0. The average molecular weight is 397 g/mol. The molecule has 0 heterocycles. The van der Waals surface area contributed by atoms with Gasteiger partial charge in [-0.15, -0.1) is 0 Å². The lowest BCUT2D eigenvalue weighted by molar-refractivity contribution is -0.137. The van der Waals surface area contributed by atoms with E-state index < -0.39 is 21.9 Å². The molecule has 1 rings (SSSR count). The molecule has 148 valence electrons. The van der Waals surface area contributed by atoms with Gasteiger partial charge in [-0.2, -0.15) is 21.6 Å². The van der Waals surface area contributed by atoms with Crippen LogP contribution in [0.4, 0.5) is 13.2 Å². The van der Waals surface area contributed by atoms with Gasteiger partial charge in [0, 0.05) is 13.7 Å². The molecule has 0 saturated carbocycles. The summed E-state index contributed by atoms with van der Waals surface area (Å²) in [6.45, 7) is 0.255. The lowest BCUT2D eigenvalue weighted by atomic mass is 10.0. The molecule has 0 atom stereocenters. The highest BCUT2D eigenvalue weighted by atomic mass is 32.2. The summed E-state index contributed by atoms with van der Waals surface area (Å²) in [5, 5.41) is 3.92. The van der Waals surface area contributed by atoms with Gasteiger partial charge in [0.25, 0.3) is 10.1 Å². The third kappa shape index (κ3) is 9.16. The van der Waals surface area contributed by atoms with Gasteiger partial charge < -0.3 is 9.57 Å². The molecule has 0 radical (unpaired) electrons. The van der Waals surface area contributed by atoms with Crippen LogP contribution in [0.15, 0.2) is 29.4 Å². The van der Waals surface area contributed by atoms with Crippen LogP contribution in [0.3, 0.4) is 0 Å². The Balaban J connectivity index is 2.75. The lowest BCUT2D eigenvalue weighted by Gasteiger charge is -2.10. The third-order valence-corrected chi connectivity index (χ3v) is 3.80. The van der Waals surface area contributed by atoms with Gasteiger partial charge in [0.2, 0.25) is 0 Å². The Morgan fingerprint density at radius 3 is 2.27 bits per heavy atom. The maximum atomic E-state index is 12.7. The number of unbranched alkanes of at least 4 members (excludes halogenated alkanes) is 1. The summed E-state index contributed by atoms with van der Waals surface area (Å²) in [5.74, 6) is 0. The van der Waals surface area contributed by atoms with E-state index in [1.807, 2.05) is 0 Å². The Kier molecular flexibility index (Phi) is 9.03. The van der Waals surface area contributed by atoms with E-state index in [4.69, 9.17) is 9.57 Å². The number of nitrogens with zero attached hydrogens (tertiary/aromatic N) is 1. The summed E-state index contributed by atoms with van der Waals surface area (Å²) in [5.41, 5.74) is 0.219. The molecule has 1 aromatic carbocycles. The summed E-state index contributed by atoms with van der Waals surface area (Å²) < 4.78 is 69.2. The van der Waals surface area contributed by atoms with Gasteiger partial charge in [-0.05, 0) is 37.0 Å². The van der Waals surface area contributed by atoms with Gasteiger partial charge in [0.1, 0.15) is 13.2 Å². The van der Waals surface area contributed by atoms with E-state index in [2.05, 4.69) is 9.34 Å². The topological polar surface area (TPSA) is 74.2 Å². The fourth-order valence-corrected chi connectivity index (χ4v) is 2.35. The molecule has 0 aliphatic rings. The van der Waals surface area contributed by atoms with Crippen molar-refractivity contribution in [3.05, 3.63) is 35.4 Å². The van der Waals surface area contributed by atoms with Crippen LogP contribution in [0.5, 0.6) is 0 Å². The minimum Gasteiger partial charge on any atom is -0.393 e. The van der Waals surface area contributed by atoms with Crippen molar-refractivity contribution >= 4 is 15.8 Å². The second kappa shape index (κ2) is 10.5. The molecule has 0 N–H and O–H groups in total. The molecule has 1 aromatic rings. The molecule has 0 amide bonds. The molecule has 10 heteroatoms. The van der Waals surface area contributed by atoms with Gasteiger partial charge in [0.05, 0.1) is 17.5 Å². The van der Waals surface area contributed by atoms with Crippen LogP contribution in [-0.4, -0.2) is 47.3 Å². The first-order chi connectivity index (χ1) is 12.1. The highest BCUT2D eigenvalue weighted by Gasteiger charge is 2.30. The predicted molar refractivity (Wildman–Crippen MR) is 90.5 cm³/mol. The Bertz CT molecular complexity index is 672. The number of hydrogen-bond acceptors (Lipinski definition) is 6. The van der Waals surface area contributed by atoms with Crippen LogP contribution in [0.25, 0.3) is 0 Å². The van der Waals surface area contributed by atoms with Crippen LogP contribution in [0.1, 0.15) is 30.4 Å². The third-order valence-electron chi connectivity index (χ3n) is 3.20. The smallest absolute Gasteiger partial charge is 0.393 e. The summed E-state index contributed by atoms with van der Waals surface area (Å²) in [6, 6.07) is 4.61. The van der Waals surface area contributed by atoms with Gasteiger partial charge in [-0.3, -0.25) is 4.18 Å². The second-order valence-corrected chi connectivity index (χ2v) is 7.07. The molecule has 0 fully saturated rings. The first-order valence-electron chi connectivity index (χ1n) is 7.83. The van der Waals surface area contributed by atoms with Crippen LogP contribution in [-0.2, 0) is 30.1 Å². The zero-order valence-electron chi connectivity index (χ0n) is 14.6. The monoisotopic (exact) mass is 397 g/mol. The van der Waals surface area contributed by atoms with E-state index in [0.29, 0.717) is 30.7 Å². The molecule has 0 aromatic heterocycles. The van der Waals surface area contributed by atoms with Gasteiger partial charge in [0.15, 0.2) is 0 Å². The second-order valence-electron chi connectivity index (χ2n) is 5.42. The molecule has 6 nitrogen and oxygen atoms in total. The lowest BCUT2D eigenvalue weighted by Crippen LogP contribution is -2.10. The van der Waals surface area contributed by atoms with Gasteiger partial charge >= 0.3 is 6.18 Å². The van der Waals surface area contributed by atoms with Crippen molar-refractivity contribution in [3.8, 4) is 0 Å². The summed E-state index contributed by atoms with van der Waals surface area (Å²) in [4.78, 5) is 5.05. The van der Waals surface area contributed by atoms with Crippen molar-refractivity contribution in [2.24, 2.45) is 5.16 Å². The molecule has 0 aliphatic carbocycles. The number of methoxy groups -OCH3 is 1. The molecule has 0 aliphatic heterocycles. The van der Waals surface area contributed by atoms with E-state index in [9.17, 15) is 21.6 Å². The van der Waals surface area contributed by atoms with Crippen molar-refractivity contribution in [1.29, 1.82) is 0 Å².